The Bertz CT molecular complexity index is 224. The van der Waals surface area contributed by atoms with Crippen molar-refractivity contribution >= 4 is 5.97 Å². The highest BCUT2D eigenvalue weighted by atomic mass is 16.5. The van der Waals surface area contributed by atoms with Crippen molar-refractivity contribution in [3.05, 3.63) is 0 Å². The molecule has 5 nitrogen and oxygen atoms in total. The van der Waals surface area contributed by atoms with Crippen molar-refractivity contribution < 1.29 is 19.4 Å². The van der Waals surface area contributed by atoms with Gasteiger partial charge < -0.3 is 19.9 Å². The van der Waals surface area contributed by atoms with Crippen molar-refractivity contribution in [3.8, 4) is 0 Å². The molecule has 1 aliphatic rings. The largest absolute Gasteiger partial charge is 0.467 e. The fourth-order valence-electron chi connectivity index (χ4n) is 1.78. The molecule has 0 aliphatic carbocycles. The van der Waals surface area contributed by atoms with E-state index in [4.69, 9.17) is 4.74 Å². The molecule has 0 radical (unpaired) electrons. The molecule has 2 unspecified atom stereocenters. The van der Waals surface area contributed by atoms with Gasteiger partial charge in [0, 0.05) is 19.7 Å². The second kappa shape index (κ2) is 6.18. The molecule has 1 fully saturated rings. The van der Waals surface area contributed by atoms with Gasteiger partial charge in [0.05, 0.1) is 13.7 Å². The van der Waals surface area contributed by atoms with Crippen LogP contribution in [0.2, 0.25) is 0 Å². The number of carbonyl (C=O) groups excluding carboxylic acids is 1. The first-order valence-corrected chi connectivity index (χ1v) is 5.65. The van der Waals surface area contributed by atoms with Crippen LogP contribution in [0.1, 0.15) is 19.8 Å². The fourth-order valence-corrected chi connectivity index (χ4v) is 1.78. The van der Waals surface area contributed by atoms with E-state index in [1.807, 2.05) is 0 Å². The molecule has 2 N–H and O–H groups in total. The first-order chi connectivity index (χ1) is 7.56. The van der Waals surface area contributed by atoms with Gasteiger partial charge in [-0.1, -0.05) is 0 Å². The molecule has 5 heteroatoms. The maximum Gasteiger partial charge on any atom is 0.338 e. The van der Waals surface area contributed by atoms with E-state index in [1.165, 1.54) is 14.0 Å². The van der Waals surface area contributed by atoms with Crippen molar-refractivity contribution in [3.63, 3.8) is 0 Å². The van der Waals surface area contributed by atoms with Gasteiger partial charge in [-0.2, -0.15) is 0 Å². The zero-order chi connectivity index (χ0) is 12.0. The highest BCUT2D eigenvalue weighted by Gasteiger charge is 2.31. The van der Waals surface area contributed by atoms with E-state index in [-0.39, 0.29) is 6.54 Å². The molecule has 0 saturated carbocycles. The predicted molar refractivity (Wildman–Crippen MR) is 59.1 cm³/mol. The topological polar surface area (TPSA) is 67.8 Å². The minimum atomic E-state index is -1.45. The van der Waals surface area contributed by atoms with Crippen LogP contribution in [0.5, 0.6) is 0 Å². The number of nitrogens with one attached hydrogen (secondary N) is 1. The summed E-state index contributed by atoms with van der Waals surface area (Å²) in [6.07, 6.45) is 2.22. The minimum Gasteiger partial charge on any atom is -0.467 e. The number of hydrogen-bond acceptors (Lipinski definition) is 5. The van der Waals surface area contributed by atoms with Gasteiger partial charge in [-0.3, -0.25) is 0 Å². The summed E-state index contributed by atoms with van der Waals surface area (Å²) in [6.45, 7) is 4.01. The summed E-state index contributed by atoms with van der Waals surface area (Å²) in [4.78, 5) is 11.2. The van der Waals surface area contributed by atoms with Gasteiger partial charge in [-0.25, -0.2) is 4.79 Å². The van der Waals surface area contributed by atoms with Crippen LogP contribution in [0.15, 0.2) is 0 Å². The van der Waals surface area contributed by atoms with Crippen molar-refractivity contribution in [2.45, 2.75) is 25.4 Å². The number of hydrogen-bond donors (Lipinski definition) is 2. The lowest BCUT2D eigenvalue weighted by Crippen LogP contribution is -2.47. The summed E-state index contributed by atoms with van der Waals surface area (Å²) in [5, 5.41) is 12.8. The molecule has 94 valence electrons. The lowest BCUT2D eigenvalue weighted by atomic mass is 10.0. The number of aliphatic hydroxyl groups is 1. The van der Waals surface area contributed by atoms with Crippen LogP contribution in [0.25, 0.3) is 0 Å². The Hall–Kier alpha value is -0.650. The monoisotopic (exact) mass is 231 g/mol. The third-order valence-corrected chi connectivity index (χ3v) is 2.78. The second-order valence-corrected chi connectivity index (χ2v) is 4.48. The van der Waals surface area contributed by atoms with Crippen LogP contribution in [0.3, 0.4) is 0 Å². The standard InChI is InChI=1S/C11H21NO4/c1-11(14,10(13)15-2)8-12-6-9-4-3-5-16-7-9/h9,12,14H,3-8H2,1-2H3. The number of ether oxygens (including phenoxy) is 2. The van der Waals surface area contributed by atoms with Crippen molar-refractivity contribution in [1.82, 2.24) is 5.32 Å². The Morgan fingerprint density at radius 2 is 2.44 bits per heavy atom. The quantitative estimate of drug-likeness (QED) is 0.648. The molecule has 0 aromatic heterocycles. The highest BCUT2D eigenvalue weighted by Crippen LogP contribution is 2.12. The summed E-state index contributed by atoms with van der Waals surface area (Å²) in [5.74, 6) is -0.137. The summed E-state index contributed by atoms with van der Waals surface area (Å²) < 4.78 is 9.84. The Kier molecular flexibility index (Phi) is 5.18. The Balaban J connectivity index is 2.20. The zero-order valence-electron chi connectivity index (χ0n) is 9.99. The first-order valence-electron chi connectivity index (χ1n) is 5.65. The maximum atomic E-state index is 11.2. The predicted octanol–water partition coefficient (Wildman–Crippen LogP) is -0.0734. The number of carbonyl (C=O) groups is 1. The van der Waals surface area contributed by atoms with Gasteiger partial charge in [-0.05, 0) is 25.7 Å². The molecular formula is C11H21NO4. The van der Waals surface area contributed by atoms with Crippen LogP contribution >= 0.6 is 0 Å². The van der Waals surface area contributed by atoms with E-state index in [2.05, 4.69) is 10.1 Å². The molecule has 1 saturated heterocycles. The molecule has 0 amide bonds. The van der Waals surface area contributed by atoms with Crippen LogP contribution in [0, 0.1) is 5.92 Å². The maximum absolute atomic E-state index is 11.2. The van der Waals surface area contributed by atoms with Gasteiger partial charge >= 0.3 is 5.97 Å². The van der Waals surface area contributed by atoms with Crippen LogP contribution in [-0.4, -0.2) is 50.1 Å². The lowest BCUT2D eigenvalue weighted by molar-refractivity contribution is -0.159. The van der Waals surface area contributed by atoms with E-state index in [1.54, 1.807) is 0 Å². The Labute approximate surface area is 96.1 Å². The van der Waals surface area contributed by atoms with Gasteiger partial charge in [0.1, 0.15) is 0 Å². The van der Waals surface area contributed by atoms with Gasteiger partial charge in [0.25, 0.3) is 0 Å². The van der Waals surface area contributed by atoms with E-state index in [0.29, 0.717) is 5.92 Å². The molecule has 0 bridgehead atoms. The van der Waals surface area contributed by atoms with E-state index in [9.17, 15) is 9.90 Å². The minimum absolute atomic E-state index is 0.205. The molecule has 0 aromatic rings. The lowest BCUT2D eigenvalue weighted by Gasteiger charge is -2.25. The third-order valence-electron chi connectivity index (χ3n) is 2.78. The summed E-state index contributed by atoms with van der Waals surface area (Å²) in [5.41, 5.74) is -1.45. The fraction of sp³-hybridized carbons (Fsp3) is 0.909. The SMILES string of the molecule is COC(=O)C(C)(O)CNCC1CCCOC1. The number of rotatable bonds is 5. The number of methoxy groups -OCH3 is 1. The molecule has 2 atom stereocenters. The molecular weight excluding hydrogens is 210 g/mol. The summed E-state index contributed by atoms with van der Waals surface area (Å²) >= 11 is 0. The van der Waals surface area contributed by atoms with Crippen LogP contribution in [0.4, 0.5) is 0 Å². The van der Waals surface area contributed by atoms with Gasteiger partial charge in [0.2, 0.25) is 0 Å². The molecule has 0 aromatic carbocycles. The number of esters is 1. The van der Waals surface area contributed by atoms with Gasteiger partial charge in [-0.15, -0.1) is 0 Å². The Morgan fingerprint density at radius 1 is 1.69 bits per heavy atom. The van der Waals surface area contributed by atoms with Gasteiger partial charge in [0.15, 0.2) is 5.60 Å². The zero-order valence-corrected chi connectivity index (χ0v) is 9.99. The summed E-state index contributed by atoms with van der Waals surface area (Å²) in [7, 11) is 1.27. The van der Waals surface area contributed by atoms with E-state index in [0.717, 1.165) is 32.6 Å². The van der Waals surface area contributed by atoms with E-state index < -0.39 is 11.6 Å². The van der Waals surface area contributed by atoms with E-state index >= 15 is 0 Å². The average Bonchev–Trinajstić information content (AvgIpc) is 2.29. The second-order valence-electron chi connectivity index (χ2n) is 4.48. The molecule has 0 spiro atoms. The van der Waals surface area contributed by atoms with Crippen LogP contribution in [-0.2, 0) is 14.3 Å². The molecule has 1 heterocycles. The highest BCUT2D eigenvalue weighted by molar-refractivity contribution is 5.78. The summed E-state index contributed by atoms with van der Waals surface area (Å²) in [6, 6.07) is 0. The molecule has 1 rings (SSSR count). The molecule has 16 heavy (non-hydrogen) atoms. The van der Waals surface area contributed by atoms with Crippen molar-refractivity contribution in [1.29, 1.82) is 0 Å². The average molecular weight is 231 g/mol. The molecule has 1 aliphatic heterocycles. The van der Waals surface area contributed by atoms with Crippen LogP contribution < -0.4 is 5.32 Å². The van der Waals surface area contributed by atoms with Crippen molar-refractivity contribution in [2.24, 2.45) is 5.92 Å². The Morgan fingerprint density at radius 3 is 3.00 bits per heavy atom. The van der Waals surface area contributed by atoms with Crippen molar-refractivity contribution in [2.75, 3.05) is 33.4 Å². The normalized spacial score (nSPS) is 24.8. The third kappa shape index (κ3) is 4.08. The first kappa shape index (κ1) is 13.4. The smallest absolute Gasteiger partial charge is 0.338 e.